The lowest BCUT2D eigenvalue weighted by atomic mass is 10.0. The number of amides is 2. The minimum Gasteiger partial charge on any atom is -0.350 e. The zero-order valence-electron chi connectivity index (χ0n) is 27.0. The second-order valence-corrected chi connectivity index (χ2v) is 15.2. The molecule has 254 valence electrons. The summed E-state index contributed by atoms with van der Waals surface area (Å²) in [5.41, 5.74) is 0.0698. The van der Waals surface area contributed by atoms with Crippen molar-refractivity contribution in [3.05, 3.63) is 130 Å². The van der Waals surface area contributed by atoms with Crippen LogP contribution in [-0.2, 0) is 38.8 Å². The molecule has 0 unspecified atom stereocenters. The molecule has 4 aromatic carbocycles. The molecule has 4 aromatic rings. The molecular weight excluding hydrogens is 707 g/mol. The first-order valence-corrected chi connectivity index (χ1v) is 17.3. The Kier molecular flexibility index (Phi) is 11.4. The monoisotopic (exact) mass is 743 g/mol. The van der Waals surface area contributed by atoms with Gasteiger partial charge >= 0.3 is 6.18 Å². The van der Waals surface area contributed by atoms with Crippen LogP contribution in [0.25, 0.3) is 0 Å². The quantitative estimate of drug-likeness (QED) is 0.172. The van der Waals surface area contributed by atoms with Crippen molar-refractivity contribution in [2.45, 2.75) is 63.3 Å². The van der Waals surface area contributed by atoms with E-state index in [-0.39, 0.29) is 23.5 Å². The highest BCUT2D eigenvalue weighted by Gasteiger charge is 2.37. The number of alkyl halides is 3. The number of rotatable bonds is 11. The zero-order valence-corrected chi connectivity index (χ0v) is 29.4. The van der Waals surface area contributed by atoms with Crippen LogP contribution < -0.4 is 9.62 Å². The zero-order chi connectivity index (χ0) is 35.3. The summed E-state index contributed by atoms with van der Waals surface area (Å²) in [5.74, 6) is -1.25. The van der Waals surface area contributed by atoms with Crippen LogP contribution in [0.15, 0.2) is 112 Å². The molecule has 0 saturated heterocycles. The molecule has 0 spiro atoms. The minimum atomic E-state index is -4.77. The Labute approximate surface area is 287 Å². The van der Waals surface area contributed by atoms with Crippen molar-refractivity contribution >= 4 is 43.5 Å². The Morgan fingerprint density at radius 3 is 2.06 bits per heavy atom. The van der Waals surface area contributed by atoms with Crippen LogP contribution >= 0.6 is 15.9 Å². The number of hydrogen-bond donors (Lipinski definition) is 1. The lowest BCUT2D eigenvalue weighted by Crippen LogP contribution is -2.56. The van der Waals surface area contributed by atoms with E-state index in [1.54, 1.807) is 76.2 Å². The largest absolute Gasteiger partial charge is 0.416 e. The highest BCUT2D eigenvalue weighted by atomic mass is 79.9. The highest BCUT2D eigenvalue weighted by molar-refractivity contribution is 9.10. The van der Waals surface area contributed by atoms with Crippen LogP contribution in [-0.4, -0.2) is 43.3 Å². The van der Waals surface area contributed by atoms with Gasteiger partial charge in [0.2, 0.25) is 11.8 Å². The summed E-state index contributed by atoms with van der Waals surface area (Å²) in [5, 5.41) is 2.94. The number of carbonyl (C=O) groups excluding carboxylic acids is 2. The third-order valence-electron chi connectivity index (χ3n) is 7.36. The summed E-state index contributed by atoms with van der Waals surface area (Å²) >= 11 is 3.44. The summed E-state index contributed by atoms with van der Waals surface area (Å²) in [6.07, 6.45) is -4.67. The van der Waals surface area contributed by atoms with Gasteiger partial charge in [0.05, 0.1) is 16.1 Å². The Morgan fingerprint density at radius 1 is 0.833 bits per heavy atom. The first kappa shape index (κ1) is 36.7. The van der Waals surface area contributed by atoms with Crippen molar-refractivity contribution in [1.82, 2.24) is 10.2 Å². The molecule has 0 fully saturated rings. The maximum Gasteiger partial charge on any atom is 0.416 e. The number of sulfonamides is 1. The van der Waals surface area contributed by atoms with Gasteiger partial charge in [-0.1, -0.05) is 82.2 Å². The van der Waals surface area contributed by atoms with E-state index >= 15 is 0 Å². The van der Waals surface area contributed by atoms with Gasteiger partial charge in [-0.25, -0.2) is 8.42 Å². The van der Waals surface area contributed by atoms with Gasteiger partial charge in [-0.2, -0.15) is 13.2 Å². The summed E-state index contributed by atoms with van der Waals surface area (Å²) in [6, 6.07) is 24.7. The molecule has 7 nitrogen and oxygen atoms in total. The fourth-order valence-corrected chi connectivity index (χ4v) is 6.90. The van der Waals surface area contributed by atoms with Crippen molar-refractivity contribution < 1.29 is 31.2 Å². The maximum absolute atomic E-state index is 14.5. The maximum atomic E-state index is 14.5. The van der Waals surface area contributed by atoms with Crippen LogP contribution in [0.2, 0.25) is 0 Å². The van der Waals surface area contributed by atoms with E-state index in [0.717, 1.165) is 27.7 Å². The third kappa shape index (κ3) is 9.70. The standard InChI is InChI=1S/C36H37BrF3N3O4S/c1-25-16-18-31(19-17-25)48(46,47)43(30-15-9-13-28(22-30)36(38,39)40)24-33(44)42(23-27-12-8-14-29(37)20-27)32(34(45)41-35(2,3)4)21-26-10-6-5-7-11-26/h5-20,22,32H,21,23-24H2,1-4H3,(H,41,45)/t32-/m0/s1. The average Bonchev–Trinajstić information content (AvgIpc) is 3.01. The van der Waals surface area contributed by atoms with Crippen molar-refractivity contribution in [2.75, 3.05) is 10.8 Å². The van der Waals surface area contributed by atoms with Crippen molar-refractivity contribution in [3.8, 4) is 0 Å². The van der Waals surface area contributed by atoms with E-state index in [9.17, 15) is 31.2 Å². The van der Waals surface area contributed by atoms with E-state index in [2.05, 4.69) is 21.2 Å². The SMILES string of the molecule is Cc1ccc(S(=O)(=O)N(CC(=O)N(Cc2cccc(Br)c2)[C@@H](Cc2ccccc2)C(=O)NC(C)(C)C)c2cccc(C(F)(F)F)c2)cc1. The van der Waals surface area contributed by atoms with Gasteiger partial charge in [-0.15, -0.1) is 0 Å². The second-order valence-electron chi connectivity index (χ2n) is 12.5. The summed E-state index contributed by atoms with van der Waals surface area (Å²) in [4.78, 5) is 29.6. The number of anilines is 1. The number of nitrogens with one attached hydrogen (secondary N) is 1. The fraction of sp³-hybridized carbons (Fsp3) is 0.278. The summed E-state index contributed by atoms with van der Waals surface area (Å²) in [7, 11) is -4.56. The number of nitrogens with zero attached hydrogens (tertiary/aromatic N) is 2. The van der Waals surface area contributed by atoms with E-state index in [1.165, 1.54) is 23.1 Å². The van der Waals surface area contributed by atoms with Crippen LogP contribution in [0.1, 0.15) is 43.0 Å². The number of hydrogen-bond acceptors (Lipinski definition) is 4. The number of benzene rings is 4. The van der Waals surface area contributed by atoms with Crippen LogP contribution in [0.4, 0.5) is 18.9 Å². The number of aryl methyl sites for hydroxylation is 1. The minimum absolute atomic E-state index is 0.0889. The van der Waals surface area contributed by atoms with Gasteiger partial charge in [0.15, 0.2) is 0 Å². The lowest BCUT2D eigenvalue weighted by molar-refractivity contribution is -0.140. The molecular formula is C36H37BrF3N3O4S. The van der Waals surface area contributed by atoms with Gasteiger partial charge < -0.3 is 10.2 Å². The smallest absolute Gasteiger partial charge is 0.350 e. The van der Waals surface area contributed by atoms with Crippen molar-refractivity contribution in [1.29, 1.82) is 0 Å². The third-order valence-corrected chi connectivity index (χ3v) is 9.64. The molecule has 12 heteroatoms. The molecule has 0 aromatic heterocycles. The van der Waals surface area contributed by atoms with E-state index in [0.29, 0.717) is 15.9 Å². The van der Waals surface area contributed by atoms with E-state index in [1.807, 2.05) is 18.2 Å². The Hall–Kier alpha value is -4.16. The fourth-order valence-electron chi connectivity index (χ4n) is 5.04. The first-order valence-electron chi connectivity index (χ1n) is 15.1. The lowest BCUT2D eigenvalue weighted by Gasteiger charge is -2.35. The normalized spacial score (nSPS) is 12.7. The molecule has 1 atom stereocenters. The van der Waals surface area contributed by atoms with Crippen molar-refractivity contribution in [2.24, 2.45) is 0 Å². The van der Waals surface area contributed by atoms with Gasteiger partial charge in [0.25, 0.3) is 10.0 Å². The first-order chi connectivity index (χ1) is 22.4. The van der Waals surface area contributed by atoms with E-state index < -0.39 is 51.7 Å². The predicted octanol–water partition coefficient (Wildman–Crippen LogP) is 7.53. The topological polar surface area (TPSA) is 86.8 Å². The van der Waals surface area contributed by atoms with Crippen LogP contribution in [0.5, 0.6) is 0 Å². The van der Waals surface area contributed by atoms with Crippen LogP contribution in [0, 0.1) is 6.92 Å². The van der Waals surface area contributed by atoms with Gasteiger partial charge in [0.1, 0.15) is 12.6 Å². The van der Waals surface area contributed by atoms with Crippen LogP contribution in [0.3, 0.4) is 0 Å². The summed E-state index contributed by atoms with van der Waals surface area (Å²) in [6.45, 7) is 6.20. The molecule has 4 rings (SSSR count). The number of halogens is 4. The average molecular weight is 745 g/mol. The molecule has 2 amide bonds. The molecule has 48 heavy (non-hydrogen) atoms. The predicted molar refractivity (Wildman–Crippen MR) is 184 cm³/mol. The molecule has 0 bridgehead atoms. The van der Waals surface area contributed by atoms with Crippen molar-refractivity contribution in [3.63, 3.8) is 0 Å². The molecule has 0 aliphatic rings. The number of carbonyl (C=O) groups is 2. The molecule has 1 N–H and O–H groups in total. The van der Waals surface area contributed by atoms with Gasteiger partial charge in [0, 0.05) is 23.0 Å². The van der Waals surface area contributed by atoms with E-state index in [4.69, 9.17) is 0 Å². The Bertz CT molecular complexity index is 1840. The second kappa shape index (κ2) is 14.9. The molecule has 0 aliphatic carbocycles. The van der Waals surface area contributed by atoms with Gasteiger partial charge in [-0.3, -0.25) is 13.9 Å². The Morgan fingerprint density at radius 2 is 1.46 bits per heavy atom. The molecule has 0 heterocycles. The molecule has 0 radical (unpaired) electrons. The Balaban J connectivity index is 1.86. The summed E-state index contributed by atoms with van der Waals surface area (Å²) < 4.78 is 71.1. The highest BCUT2D eigenvalue weighted by Crippen LogP contribution is 2.33. The van der Waals surface area contributed by atoms with Gasteiger partial charge in [-0.05, 0) is 81.3 Å². The molecule has 0 saturated carbocycles. The molecule has 0 aliphatic heterocycles.